The molecule has 7 N–H and O–H groups in total. The Balaban J connectivity index is 0.000000657. The van der Waals surface area contributed by atoms with E-state index in [-0.39, 0.29) is 37.8 Å². The molecule has 0 aliphatic carbocycles. The Labute approximate surface area is 462 Å². The van der Waals surface area contributed by atoms with Crippen LogP contribution in [0, 0.1) is 29.6 Å². The van der Waals surface area contributed by atoms with Gasteiger partial charge in [0.1, 0.15) is 29.7 Å². The van der Waals surface area contributed by atoms with Gasteiger partial charge in [-0.05, 0) is 87.7 Å². The van der Waals surface area contributed by atoms with Gasteiger partial charge >= 0.3 is 17.9 Å². The van der Waals surface area contributed by atoms with Gasteiger partial charge in [0.2, 0.25) is 0 Å². The Morgan fingerprint density at radius 3 is 1.81 bits per heavy atom. The van der Waals surface area contributed by atoms with E-state index in [0.29, 0.717) is 6.42 Å². The minimum atomic E-state index is -1.99. The smallest absolute Gasteiger partial charge is 0.311 e. The van der Waals surface area contributed by atoms with E-state index in [2.05, 4.69) is 6.92 Å². The molecular weight excluding hydrogens is 995 g/mol. The van der Waals surface area contributed by atoms with Crippen LogP contribution in [0.3, 0.4) is 0 Å². The van der Waals surface area contributed by atoms with Gasteiger partial charge in [-0.25, -0.2) is 0 Å². The maximum Gasteiger partial charge on any atom is 0.311 e. The van der Waals surface area contributed by atoms with Crippen molar-refractivity contribution in [2.24, 2.45) is 29.6 Å². The number of carboxylic acids is 2. The molecule has 0 amide bonds. The summed E-state index contributed by atoms with van der Waals surface area (Å²) in [6.07, 6.45) is 12.6. The van der Waals surface area contributed by atoms with Crippen molar-refractivity contribution in [3.63, 3.8) is 0 Å². The number of ketones is 1. The number of esters is 1. The van der Waals surface area contributed by atoms with Crippen molar-refractivity contribution in [2.45, 2.75) is 289 Å². The monoisotopic (exact) mass is 1100 g/mol. The number of carboxylic acid groups (broad SMARTS) is 2. The highest BCUT2D eigenvalue weighted by Crippen LogP contribution is 2.41. The summed E-state index contributed by atoms with van der Waals surface area (Å²) in [4.78, 5) is 51.3. The molecule has 0 radical (unpaired) electrons. The number of likely N-dealkylation sites (N-methyl/N-ethyl adjacent to an activating group) is 1. The number of aliphatic carboxylic acids is 2. The number of allylic oxidation sites excluding steroid dienone is 1. The molecule has 3 rings (SSSR count). The van der Waals surface area contributed by atoms with Gasteiger partial charge in [-0.3, -0.25) is 19.2 Å². The number of rotatable bonds is 26. The van der Waals surface area contributed by atoms with E-state index in [1.165, 1.54) is 117 Å². The van der Waals surface area contributed by atoms with Crippen molar-refractivity contribution < 1.29 is 83.3 Å². The number of ether oxygens (including phenoxy) is 6. The van der Waals surface area contributed by atoms with Crippen molar-refractivity contribution in [2.75, 3.05) is 21.2 Å². The summed E-state index contributed by atoms with van der Waals surface area (Å²) in [7, 11) is 5.18. The summed E-state index contributed by atoms with van der Waals surface area (Å²) >= 11 is 0. The Hall–Kier alpha value is -2.62. The fourth-order valence-corrected chi connectivity index (χ4v) is 11.6. The molecule has 0 spiro atoms. The highest BCUT2D eigenvalue weighted by atomic mass is 16.7. The van der Waals surface area contributed by atoms with E-state index >= 15 is 0 Å². The first-order chi connectivity index (χ1) is 36.0. The third-order valence-corrected chi connectivity index (χ3v) is 16.6. The number of methoxy groups -OCH3 is 1. The van der Waals surface area contributed by atoms with Crippen molar-refractivity contribution in [3.05, 3.63) is 12.2 Å². The first-order valence-corrected chi connectivity index (χ1v) is 29.2. The molecular formula is C59H107NO17. The molecule has 18 nitrogen and oxygen atoms in total. The van der Waals surface area contributed by atoms with Gasteiger partial charge in [0.05, 0.1) is 60.0 Å². The van der Waals surface area contributed by atoms with E-state index in [4.69, 9.17) is 38.6 Å². The van der Waals surface area contributed by atoms with Crippen LogP contribution in [0.2, 0.25) is 0 Å². The minimum absolute atomic E-state index is 0.0936. The molecule has 3 aliphatic heterocycles. The van der Waals surface area contributed by atoms with Gasteiger partial charge in [0, 0.05) is 37.3 Å². The average molecular weight is 1100 g/mol. The normalized spacial score (nSPS) is 37.2. The molecule has 18 heteroatoms. The Kier molecular flexibility index (Phi) is 31.1. The Morgan fingerprint density at radius 1 is 0.766 bits per heavy atom. The summed E-state index contributed by atoms with van der Waals surface area (Å²) in [5.41, 5.74) is -4.84. The first kappa shape index (κ1) is 70.5. The number of unbranched alkanes of at least 4 members (excludes halogenated alkanes) is 14. The van der Waals surface area contributed by atoms with Crippen LogP contribution in [0.1, 0.15) is 205 Å². The standard InChI is InChI=1S/C37H67NO13.C22H40O4/c1-14-25-37(10,45)30(41)20(4)27(39)18(2)16-35(8,44)32(51-34-28(40)24(38(11)12)15-19(3)47-34)21(5)29(22(6)33(43)49-25)50-26-17-36(9,46-13)31(42)23(7)48-26;1-2-3-4-5-6-7-8-9-10-11-12-13-14-15-16-17-18-20(22(25)26)19-21(23)24/h18-26,28-32,34,40-42,44-45H,14-17H2,1-13H3;17-18,20H,2-16,19H2,1H3,(H,23,24)(H,25,26)/b;18-17+/t18-,19-,20+,21+,22-,23+,24+,25-,26+,28-,29+,30-,31+,32-,34+,35-,36-,37-;/m1./s1. The first-order valence-electron chi connectivity index (χ1n) is 29.2. The highest BCUT2D eigenvalue weighted by Gasteiger charge is 2.53. The van der Waals surface area contributed by atoms with Gasteiger partial charge in [0.15, 0.2) is 12.6 Å². The number of Topliss-reactive ketones (excluding diaryl/α,β-unsaturated/α-hetero) is 1. The molecule has 3 heterocycles. The van der Waals surface area contributed by atoms with E-state index in [1.807, 2.05) is 32.0 Å². The maximum atomic E-state index is 14.1. The number of aliphatic hydroxyl groups is 5. The second-order valence-electron chi connectivity index (χ2n) is 23.8. The molecule has 19 atom stereocenters. The SMILES string of the molecule is CCCCCCCCCCCCCCCC/C=C/C(CC(=O)O)C(=O)O.CC[C@H]1OC(=O)[C@H](C)[C@@H](O[C@H]2C[C@@](C)(OC)[C@@H](O)[C@H](C)O2)[C@H](C)[C@@H](O[C@@H]2O[C@H](C)C[C@H](N(C)C)[C@H]2O)[C@](C)(O)C[C@@H](C)C(=O)[C@H](C)[C@@H](O)[C@]1(C)O. The topological polar surface area (TPSA) is 269 Å². The van der Waals surface area contributed by atoms with E-state index in [0.717, 1.165) is 12.8 Å². The molecule has 0 aromatic carbocycles. The number of carbonyl (C=O) groups is 4. The molecule has 3 aliphatic rings. The lowest BCUT2D eigenvalue weighted by atomic mass is 9.74. The number of hydrogen-bond donors (Lipinski definition) is 7. The molecule has 3 saturated heterocycles. The second-order valence-corrected chi connectivity index (χ2v) is 23.8. The van der Waals surface area contributed by atoms with Crippen LogP contribution in [0.5, 0.6) is 0 Å². The number of hydrogen-bond acceptors (Lipinski definition) is 16. The number of aliphatic hydroxyl groups excluding tert-OH is 3. The zero-order valence-corrected chi connectivity index (χ0v) is 49.7. The van der Waals surface area contributed by atoms with Crippen LogP contribution in [0.15, 0.2) is 12.2 Å². The Morgan fingerprint density at radius 2 is 1.31 bits per heavy atom. The second kappa shape index (κ2) is 34.0. The lowest BCUT2D eigenvalue weighted by Gasteiger charge is -2.49. The van der Waals surface area contributed by atoms with Gasteiger partial charge in [-0.1, -0.05) is 130 Å². The summed E-state index contributed by atoms with van der Waals surface area (Å²) in [6, 6.07) is -0.324. The van der Waals surface area contributed by atoms with Crippen molar-refractivity contribution >= 4 is 23.7 Å². The third kappa shape index (κ3) is 22.0. The fraction of sp³-hybridized carbons (Fsp3) is 0.898. The van der Waals surface area contributed by atoms with Crippen LogP contribution < -0.4 is 0 Å². The van der Waals surface area contributed by atoms with Crippen molar-refractivity contribution in [3.8, 4) is 0 Å². The lowest BCUT2D eigenvalue weighted by molar-refractivity contribution is -0.318. The third-order valence-electron chi connectivity index (χ3n) is 16.6. The molecule has 0 aromatic heterocycles. The lowest BCUT2D eigenvalue weighted by Crippen LogP contribution is -2.61. The van der Waals surface area contributed by atoms with Gasteiger partial charge in [0.25, 0.3) is 0 Å². The van der Waals surface area contributed by atoms with Crippen LogP contribution in [-0.2, 0) is 47.6 Å². The van der Waals surface area contributed by atoms with Crippen LogP contribution in [0.4, 0.5) is 0 Å². The number of carbonyl (C=O) groups excluding carboxylic acids is 2. The van der Waals surface area contributed by atoms with Crippen LogP contribution in [-0.4, -0.2) is 170 Å². The van der Waals surface area contributed by atoms with Gasteiger partial charge < -0.3 is 69.1 Å². The number of cyclic esters (lactones) is 1. The zero-order chi connectivity index (χ0) is 58.4. The quantitative estimate of drug-likeness (QED) is 0.0243. The summed E-state index contributed by atoms with van der Waals surface area (Å²) in [6.45, 7) is 18.6. The van der Waals surface area contributed by atoms with E-state index < -0.39 is 125 Å². The summed E-state index contributed by atoms with van der Waals surface area (Å²) < 4.78 is 37.1. The average Bonchev–Trinajstić information content (AvgIpc) is 3.36. The van der Waals surface area contributed by atoms with Crippen molar-refractivity contribution in [1.29, 1.82) is 0 Å². The van der Waals surface area contributed by atoms with Gasteiger partial charge in [-0.15, -0.1) is 0 Å². The van der Waals surface area contributed by atoms with Crippen LogP contribution >= 0.6 is 0 Å². The summed E-state index contributed by atoms with van der Waals surface area (Å²) in [5.74, 6) is -8.02. The maximum absolute atomic E-state index is 14.1. The predicted octanol–water partition coefficient (Wildman–Crippen LogP) is 8.38. The molecule has 3 fully saturated rings. The highest BCUT2D eigenvalue weighted by molar-refractivity contribution is 5.83. The molecule has 0 bridgehead atoms. The van der Waals surface area contributed by atoms with Crippen LogP contribution in [0.25, 0.3) is 0 Å². The summed E-state index contributed by atoms with van der Waals surface area (Å²) in [5, 5.41) is 75.2. The Bertz CT molecular complexity index is 1760. The van der Waals surface area contributed by atoms with E-state index in [9.17, 15) is 44.7 Å². The molecule has 450 valence electrons. The molecule has 1 unspecified atom stereocenters. The molecule has 0 aromatic rings. The van der Waals surface area contributed by atoms with Gasteiger partial charge in [-0.2, -0.15) is 0 Å². The largest absolute Gasteiger partial charge is 0.481 e. The van der Waals surface area contributed by atoms with Crippen molar-refractivity contribution in [1.82, 2.24) is 4.90 Å². The molecule has 77 heavy (non-hydrogen) atoms. The van der Waals surface area contributed by atoms with E-state index in [1.54, 1.807) is 41.5 Å². The minimum Gasteiger partial charge on any atom is -0.481 e. The number of nitrogens with zero attached hydrogens (tertiary/aromatic N) is 1. The predicted molar refractivity (Wildman–Crippen MR) is 294 cm³/mol. The molecule has 0 saturated carbocycles. The zero-order valence-electron chi connectivity index (χ0n) is 49.7. The fourth-order valence-electron chi connectivity index (χ4n) is 11.6.